The number of hydrogen-bond donors (Lipinski definition) is 1. The molecule has 2 heterocycles. The first kappa shape index (κ1) is 16.9. The van der Waals surface area contributed by atoms with Crippen molar-refractivity contribution in [2.75, 3.05) is 5.32 Å². The molecule has 0 radical (unpaired) electrons. The van der Waals surface area contributed by atoms with Gasteiger partial charge in [0.1, 0.15) is 5.82 Å². The normalized spacial score (nSPS) is 10.5. The van der Waals surface area contributed by atoms with Crippen LogP contribution >= 0.6 is 11.6 Å². The maximum Gasteiger partial charge on any atom is 0.258 e. The highest BCUT2D eigenvalue weighted by molar-refractivity contribution is 6.30. The molecule has 5 nitrogen and oxygen atoms in total. The lowest BCUT2D eigenvalue weighted by atomic mass is 10.1. The van der Waals surface area contributed by atoms with Gasteiger partial charge in [0.2, 0.25) is 5.56 Å². The molecular formula is C19H16ClN3O2. The first-order chi connectivity index (χ1) is 12.0. The molecule has 0 saturated carbocycles. The first-order valence-corrected chi connectivity index (χ1v) is 8.06. The number of aryl methyl sites for hydroxylation is 1. The van der Waals surface area contributed by atoms with E-state index in [-0.39, 0.29) is 11.5 Å². The zero-order valence-corrected chi connectivity index (χ0v) is 14.3. The Morgan fingerprint density at radius 2 is 1.80 bits per heavy atom. The molecular weight excluding hydrogens is 338 g/mol. The average Bonchev–Trinajstić information content (AvgIpc) is 2.61. The largest absolute Gasteiger partial charge is 0.318 e. The number of benzene rings is 1. The van der Waals surface area contributed by atoms with Crippen LogP contribution < -0.4 is 10.9 Å². The average molecular weight is 354 g/mol. The number of amides is 1. The summed E-state index contributed by atoms with van der Waals surface area (Å²) in [7, 11) is 1.60. The molecule has 0 spiro atoms. The molecule has 3 aromatic rings. The van der Waals surface area contributed by atoms with Crippen LogP contribution in [0.15, 0.2) is 65.7 Å². The minimum Gasteiger partial charge on any atom is -0.318 e. The summed E-state index contributed by atoms with van der Waals surface area (Å²) in [6, 6.07) is 14.2. The van der Waals surface area contributed by atoms with Crippen molar-refractivity contribution < 1.29 is 4.79 Å². The summed E-state index contributed by atoms with van der Waals surface area (Å²) in [4.78, 5) is 27.8. The van der Waals surface area contributed by atoms with E-state index in [4.69, 9.17) is 11.6 Å². The van der Waals surface area contributed by atoms with Gasteiger partial charge in [0.05, 0.1) is 5.56 Å². The molecule has 25 heavy (non-hydrogen) atoms. The van der Waals surface area contributed by atoms with E-state index in [2.05, 4.69) is 10.3 Å². The summed E-state index contributed by atoms with van der Waals surface area (Å²) >= 11 is 5.88. The fourth-order valence-electron chi connectivity index (χ4n) is 2.36. The molecule has 0 atom stereocenters. The topological polar surface area (TPSA) is 64.0 Å². The molecule has 1 N–H and O–H groups in total. The van der Waals surface area contributed by atoms with Crippen LogP contribution in [0.4, 0.5) is 5.82 Å². The lowest BCUT2D eigenvalue weighted by Gasteiger charge is -2.07. The summed E-state index contributed by atoms with van der Waals surface area (Å²) in [5.41, 5.74) is 2.39. The number of anilines is 1. The molecule has 6 heteroatoms. The number of halogens is 1. The van der Waals surface area contributed by atoms with Gasteiger partial charge in [-0.1, -0.05) is 29.8 Å². The summed E-state index contributed by atoms with van der Waals surface area (Å²) < 4.78 is 1.36. The monoisotopic (exact) mass is 353 g/mol. The Morgan fingerprint density at radius 1 is 1.08 bits per heavy atom. The second kappa shape index (κ2) is 7.32. The standard InChI is InChI=1S/C19H16ClN3O2/c1-23-12-15(5-9-18(23)24)19(25)22-17-8-4-14(11-21-17)10-13-2-6-16(20)7-3-13/h2-9,11-12H,10H2,1H3,(H,21,22,25). The molecule has 126 valence electrons. The van der Waals surface area contributed by atoms with Gasteiger partial charge in [0, 0.05) is 30.5 Å². The highest BCUT2D eigenvalue weighted by Crippen LogP contribution is 2.14. The molecule has 0 fully saturated rings. The van der Waals surface area contributed by atoms with E-state index in [9.17, 15) is 9.59 Å². The van der Waals surface area contributed by atoms with Crippen LogP contribution in [-0.4, -0.2) is 15.5 Å². The van der Waals surface area contributed by atoms with Crippen molar-refractivity contribution >= 4 is 23.3 Å². The van der Waals surface area contributed by atoms with E-state index < -0.39 is 0 Å². The molecule has 0 aliphatic heterocycles. The first-order valence-electron chi connectivity index (χ1n) is 7.69. The summed E-state index contributed by atoms with van der Waals surface area (Å²) in [5, 5.41) is 3.43. The predicted molar refractivity (Wildman–Crippen MR) is 98.1 cm³/mol. The molecule has 3 rings (SSSR count). The third-order valence-corrected chi connectivity index (χ3v) is 3.99. The Morgan fingerprint density at radius 3 is 2.44 bits per heavy atom. The fraction of sp³-hybridized carbons (Fsp3) is 0.105. The van der Waals surface area contributed by atoms with Gasteiger partial charge in [-0.15, -0.1) is 0 Å². The van der Waals surface area contributed by atoms with E-state index in [0.717, 1.165) is 17.5 Å². The number of hydrogen-bond acceptors (Lipinski definition) is 3. The molecule has 0 aliphatic rings. The maximum absolute atomic E-state index is 12.2. The number of nitrogens with zero attached hydrogens (tertiary/aromatic N) is 2. The smallest absolute Gasteiger partial charge is 0.258 e. The quantitative estimate of drug-likeness (QED) is 0.782. The molecule has 0 unspecified atom stereocenters. The molecule has 0 bridgehead atoms. The van der Waals surface area contributed by atoms with Crippen molar-refractivity contribution in [1.29, 1.82) is 0 Å². The van der Waals surface area contributed by atoms with Crippen LogP contribution in [-0.2, 0) is 13.5 Å². The van der Waals surface area contributed by atoms with E-state index >= 15 is 0 Å². The van der Waals surface area contributed by atoms with Crippen LogP contribution in [0.3, 0.4) is 0 Å². The Labute approximate surface area is 149 Å². The minimum absolute atomic E-state index is 0.166. The van der Waals surface area contributed by atoms with Crippen LogP contribution in [0.2, 0.25) is 5.02 Å². The minimum atomic E-state index is -0.312. The van der Waals surface area contributed by atoms with Crippen LogP contribution in [0.1, 0.15) is 21.5 Å². The van der Waals surface area contributed by atoms with Gasteiger partial charge in [-0.25, -0.2) is 4.98 Å². The zero-order chi connectivity index (χ0) is 17.8. The summed E-state index contributed by atoms with van der Waals surface area (Å²) in [6.07, 6.45) is 3.96. The molecule has 2 aromatic heterocycles. The van der Waals surface area contributed by atoms with Crippen molar-refractivity contribution in [1.82, 2.24) is 9.55 Å². The van der Waals surface area contributed by atoms with Gasteiger partial charge >= 0.3 is 0 Å². The number of nitrogens with one attached hydrogen (secondary N) is 1. The maximum atomic E-state index is 12.2. The number of carbonyl (C=O) groups excluding carboxylic acids is 1. The third kappa shape index (κ3) is 4.33. The lowest BCUT2D eigenvalue weighted by molar-refractivity contribution is 0.102. The number of rotatable bonds is 4. The SMILES string of the molecule is Cn1cc(C(=O)Nc2ccc(Cc3ccc(Cl)cc3)cn2)ccc1=O. The molecule has 1 aromatic carbocycles. The summed E-state index contributed by atoms with van der Waals surface area (Å²) in [5.74, 6) is 0.146. The Kier molecular flexibility index (Phi) is 4.95. The lowest BCUT2D eigenvalue weighted by Crippen LogP contribution is -2.19. The molecule has 0 aliphatic carbocycles. The second-order valence-electron chi connectivity index (χ2n) is 5.68. The molecule has 1 amide bonds. The number of carbonyl (C=O) groups is 1. The highest BCUT2D eigenvalue weighted by Gasteiger charge is 2.08. The predicted octanol–water partition coefficient (Wildman–Crippen LogP) is 3.28. The van der Waals surface area contributed by atoms with Crippen molar-refractivity contribution in [3.8, 4) is 0 Å². The Hall–Kier alpha value is -2.92. The van der Waals surface area contributed by atoms with Gasteiger partial charge in [-0.2, -0.15) is 0 Å². The second-order valence-corrected chi connectivity index (χ2v) is 6.11. The highest BCUT2D eigenvalue weighted by atomic mass is 35.5. The number of aromatic nitrogens is 2. The van der Waals surface area contributed by atoms with E-state index in [1.54, 1.807) is 19.3 Å². The van der Waals surface area contributed by atoms with E-state index in [0.29, 0.717) is 16.4 Å². The van der Waals surface area contributed by atoms with E-state index in [1.165, 1.54) is 22.9 Å². The zero-order valence-electron chi connectivity index (χ0n) is 13.6. The molecule has 0 saturated heterocycles. The number of pyridine rings is 2. The van der Waals surface area contributed by atoms with Crippen LogP contribution in [0.5, 0.6) is 0 Å². The van der Waals surface area contributed by atoms with Gasteiger partial charge in [0.25, 0.3) is 5.91 Å². The van der Waals surface area contributed by atoms with Gasteiger partial charge in [0.15, 0.2) is 0 Å². The Bertz CT molecular complexity index is 948. The fourth-order valence-corrected chi connectivity index (χ4v) is 2.48. The van der Waals surface area contributed by atoms with Crippen molar-refractivity contribution in [2.24, 2.45) is 7.05 Å². The van der Waals surface area contributed by atoms with Crippen LogP contribution in [0.25, 0.3) is 0 Å². The Balaban J connectivity index is 1.67. The van der Waals surface area contributed by atoms with Crippen molar-refractivity contribution in [3.63, 3.8) is 0 Å². The van der Waals surface area contributed by atoms with Crippen molar-refractivity contribution in [2.45, 2.75) is 6.42 Å². The third-order valence-electron chi connectivity index (χ3n) is 3.74. The van der Waals surface area contributed by atoms with Gasteiger partial charge < -0.3 is 9.88 Å². The van der Waals surface area contributed by atoms with Crippen molar-refractivity contribution in [3.05, 3.63) is 93.0 Å². The van der Waals surface area contributed by atoms with E-state index in [1.807, 2.05) is 30.3 Å². The van der Waals surface area contributed by atoms with Crippen LogP contribution in [0, 0.1) is 0 Å². The summed E-state index contributed by atoms with van der Waals surface area (Å²) in [6.45, 7) is 0. The van der Waals surface area contributed by atoms with Gasteiger partial charge in [-0.3, -0.25) is 9.59 Å². The van der Waals surface area contributed by atoms with Gasteiger partial charge in [-0.05, 0) is 41.8 Å².